The minimum absolute atomic E-state index is 0.134. The molecule has 2 fully saturated rings. The van der Waals surface area contributed by atoms with E-state index in [-0.39, 0.29) is 29.6 Å². The molecule has 1 aromatic carbocycles. The highest BCUT2D eigenvalue weighted by atomic mass is 16.5. The van der Waals surface area contributed by atoms with Gasteiger partial charge in [-0.1, -0.05) is 6.07 Å². The van der Waals surface area contributed by atoms with Crippen molar-refractivity contribution < 1.29 is 23.7 Å². The second-order valence-corrected chi connectivity index (χ2v) is 12.4. The Kier molecular flexibility index (Phi) is 10.9. The highest BCUT2D eigenvalue weighted by molar-refractivity contribution is 5.79. The van der Waals surface area contributed by atoms with Crippen LogP contribution in [0.25, 0.3) is 0 Å². The van der Waals surface area contributed by atoms with Gasteiger partial charge in [-0.3, -0.25) is 4.79 Å². The maximum absolute atomic E-state index is 12.7. The Bertz CT molecular complexity index is 909. The van der Waals surface area contributed by atoms with E-state index < -0.39 is 0 Å². The van der Waals surface area contributed by atoms with E-state index in [9.17, 15) is 4.79 Å². The summed E-state index contributed by atoms with van der Waals surface area (Å²) in [5.41, 5.74) is 2.11. The molecule has 220 valence electrons. The van der Waals surface area contributed by atoms with Crippen LogP contribution in [0.1, 0.15) is 77.7 Å². The van der Waals surface area contributed by atoms with Crippen LogP contribution >= 0.6 is 0 Å². The number of carbonyl (C=O) groups excluding carboxylic acids is 1. The number of hydrogen-bond acceptors (Lipinski definition) is 7. The first-order valence-corrected chi connectivity index (χ1v) is 15.0. The second-order valence-electron chi connectivity index (χ2n) is 12.4. The van der Waals surface area contributed by atoms with Crippen LogP contribution < -0.4 is 20.3 Å². The summed E-state index contributed by atoms with van der Waals surface area (Å²) in [7, 11) is 3.52. The molecule has 1 saturated heterocycles. The molecule has 2 N–H and O–H groups in total. The summed E-state index contributed by atoms with van der Waals surface area (Å²) in [5.74, 6) is 1.29. The standard InChI is InChI=1S/C31H51N3O5/c1-22(33-30(35)24-8-11-26(37-5)12-9-24)17-25-10-13-27(19-32-25)38-20-23-7-14-29-28(18-23)34(15-6-16-36-4)21-31(2,3)39-29/h7,14,18,22,24-27,32H,6,8-13,15-17,19-21H2,1-5H3,(H,33,35)/t22-,24?,25?,26?,27+/m0/s1. The molecule has 2 aliphatic heterocycles. The Labute approximate surface area is 235 Å². The molecule has 1 saturated carbocycles. The highest BCUT2D eigenvalue weighted by Gasteiger charge is 2.32. The van der Waals surface area contributed by atoms with Gasteiger partial charge < -0.3 is 34.5 Å². The third kappa shape index (κ3) is 8.81. The third-order valence-corrected chi connectivity index (χ3v) is 8.46. The number of rotatable bonds is 12. The van der Waals surface area contributed by atoms with Crippen LogP contribution in [-0.2, 0) is 25.6 Å². The van der Waals surface area contributed by atoms with E-state index in [0.29, 0.717) is 18.8 Å². The molecule has 2 heterocycles. The largest absolute Gasteiger partial charge is 0.484 e. The molecule has 0 bridgehead atoms. The van der Waals surface area contributed by atoms with E-state index in [2.05, 4.69) is 54.5 Å². The lowest BCUT2D eigenvalue weighted by molar-refractivity contribution is -0.127. The maximum atomic E-state index is 12.7. The molecule has 1 aromatic rings. The lowest BCUT2D eigenvalue weighted by Gasteiger charge is -2.41. The van der Waals surface area contributed by atoms with Crippen molar-refractivity contribution >= 4 is 11.6 Å². The van der Waals surface area contributed by atoms with Gasteiger partial charge in [-0.25, -0.2) is 0 Å². The Balaban J connectivity index is 1.19. The van der Waals surface area contributed by atoms with E-state index in [4.69, 9.17) is 18.9 Å². The van der Waals surface area contributed by atoms with Crippen molar-refractivity contribution in [3.8, 4) is 5.75 Å². The van der Waals surface area contributed by atoms with Crippen LogP contribution in [0.15, 0.2) is 18.2 Å². The van der Waals surface area contributed by atoms with Gasteiger partial charge in [-0.05, 0) is 89.8 Å². The molecule has 3 aliphatic rings. The lowest BCUT2D eigenvalue weighted by atomic mass is 9.86. The Morgan fingerprint density at radius 1 is 1.15 bits per heavy atom. The van der Waals surface area contributed by atoms with E-state index in [0.717, 1.165) is 89.0 Å². The van der Waals surface area contributed by atoms with Gasteiger partial charge in [-0.2, -0.15) is 0 Å². The number of nitrogens with zero attached hydrogens (tertiary/aromatic N) is 1. The Morgan fingerprint density at radius 2 is 1.92 bits per heavy atom. The zero-order valence-corrected chi connectivity index (χ0v) is 24.8. The summed E-state index contributed by atoms with van der Waals surface area (Å²) >= 11 is 0. The van der Waals surface area contributed by atoms with Crippen molar-refractivity contribution in [3.05, 3.63) is 23.8 Å². The minimum Gasteiger partial charge on any atom is -0.484 e. The summed E-state index contributed by atoms with van der Waals surface area (Å²) in [6, 6.07) is 7.02. The molecule has 4 rings (SSSR count). The average Bonchev–Trinajstić information content (AvgIpc) is 2.92. The number of carbonyl (C=O) groups is 1. The van der Waals surface area contributed by atoms with Gasteiger partial charge in [0, 0.05) is 51.9 Å². The van der Waals surface area contributed by atoms with E-state index in [1.165, 1.54) is 5.56 Å². The third-order valence-electron chi connectivity index (χ3n) is 8.46. The Hall–Kier alpha value is -1.87. The van der Waals surface area contributed by atoms with Gasteiger partial charge in [-0.15, -0.1) is 0 Å². The molecule has 39 heavy (non-hydrogen) atoms. The predicted molar refractivity (Wildman–Crippen MR) is 154 cm³/mol. The second kappa shape index (κ2) is 14.2. The monoisotopic (exact) mass is 545 g/mol. The van der Waals surface area contributed by atoms with Crippen LogP contribution in [-0.4, -0.2) is 76.3 Å². The number of hydrogen-bond donors (Lipinski definition) is 2. The van der Waals surface area contributed by atoms with Crippen LogP contribution in [0.4, 0.5) is 5.69 Å². The Morgan fingerprint density at radius 3 is 2.62 bits per heavy atom. The topological polar surface area (TPSA) is 81.3 Å². The molecule has 8 nitrogen and oxygen atoms in total. The van der Waals surface area contributed by atoms with Crippen molar-refractivity contribution in [2.24, 2.45) is 5.92 Å². The number of ether oxygens (including phenoxy) is 4. The lowest BCUT2D eigenvalue weighted by Crippen LogP contribution is -2.47. The van der Waals surface area contributed by atoms with Gasteiger partial charge >= 0.3 is 0 Å². The van der Waals surface area contributed by atoms with Crippen molar-refractivity contribution in [1.82, 2.24) is 10.6 Å². The van der Waals surface area contributed by atoms with Crippen molar-refractivity contribution in [2.45, 2.75) is 109 Å². The summed E-state index contributed by atoms with van der Waals surface area (Å²) < 4.78 is 23.3. The van der Waals surface area contributed by atoms with Crippen LogP contribution in [0.3, 0.4) is 0 Å². The van der Waals surface area contributed by atoms with Crippen molar-refractivity contribution in [3.63, 3.8) is 0 Å². The summed E-state index contributed by atoms with van der Waals surface area (Å²) in [5, 5.41) is 6.93. The summed E-state index contributed by atoms with van der Waals surface area (Å²) in [4.78, 5) is 15.1. The minimum atomic E-state index is -0.216. The number of anilines is 1. The van der Waals surface area contributed by atoms with Gasteiger partial charge in [0.25, 0.3) is 0 Å². The molecule has 1 unspecified atom stereocenters. The predicted octanol–water partition coefficient (Wildman–Crippen LogP) is 4.44. The first-order chi connectivity index (χ1) is 18.8. The normalized spacial score (nSPS) is 27.4. The molecule has 3 atom stereocenters. The van der Waals surface area contributed by atoms with E-state index in [1.54, 1.807) is 14.2 Å². The molecule has 0 aromatic heterocycles. The number of fused-ring (bicyclic) bond motifs is 1. The van der Waals surface area contributed by atoms with Gasteiger partial charge in [0.15, 0.2) is 0 Å². The molecular formula is C31H51N3O5. The fourth-order valence-corrected chi connectivity index (χ4v) is 6.31. The zero-order valence-electron chi connectivity index (χ0n) is 24.8. The van der Waals surface area contributed by atoms with Crippen LogP contribution in [0.5, 0.6) is 5.75 Å². The summed E-state index contributed by atoms with van der Waals surface area (Å²) in [6.45, 7) is 10.4. The average molecular weight is 546 g/mol. The van der Waals surface area contributed by atoms with Crippen molar-refractivity contribution in [1.29, 1.82) is 0 Å². The SMILES string of the molecule is COCCCN1CC(C)(C)Oc2ccc(CO[C@@H]3CCC(C[C@H](C)NC(=O)C4CCC(OC)CC4)NC3)cc21. The smallest absolute Gasteiger partial charge is 0.223 e. The van der Waals surface area contributed by atoms with Gasteiger partial charge in [0.05, 0.1) is 31.0 Å². The first-order valence-electron chi connectivity index (χ1n) is 15.0. The van der Waals surface area contributed by atoms with E-state index >= 15 is 0 Å². The fourth-order valence-electron chi connectivity index (χ4n) is 6.31. The molecule has 0 radical (unpaired) electrons. The number of methoxy groups -OCH3 is 2. The van der Waals surface area contributed by atoms with Gasteiger partial charge in [0.2, 0.25) is 5.91 Å². The number of benzene rings is 1. The quantitative estimate of drug-likeness (QED) is 0.376. The van der Waals surface area contributed by atoms with Gasteiger partial charge in [0.1, 0.15) is 11.4 Å². The molecule has 1 amide bonds. The zero-order chi connectivity index (χ0) is 27.8. The van der Waals surface area contributed by atoms with Crippen molar-refractivity contribution in [2.75, 3.05) is 45.4 Å². The van der Waals surface area contributed by atoms with Crippen LogP contribution in [0.2, 0.25) is 0 Å². The molecule has 1 aliphatic carbocycles. The molecule has 8 heteroatoms. The number of nitrogens with one attached hydrogen (secondary N) is 2. The number of piperidine rings is 1. The highest BCUT2D eigenvalue weighted by Crippen LogP contribution is 2.38. The number of amides is 1. The van der Waals surface area contributed by atoms with E-state index in [1.807, 2.05) is 0 Å². The fraction of sp³-hybridized carbons (Fsp3) is 0.774. The first kappa shape index (κ1) is 30.1. The van der Waals surface area contributed by atoms with Crippen LogP contribution in [0, 0.1) is 5.92 Å². The molecule has 0 spiro atoms. The maximum Gasteiger partial charge on any atom is 0.223 e. The summed E-state index contributed by atoms with van der Waals surface area (Å²) in [6.07, 6.45) is 8.38. The molecular weight excluding hydrogens is 494 g/mol.